The predicted octanol–water partition coefficient (Wildman–Crippen LogP) is 4.84. The lowest BCUT2D eigenvalue weighted by atomic mass is 9.91. The summed E-state index contributed by atoms with van der Waals surface area (Å²) in [6.45, 7) is 5.84. The summed E-state index contributed by atoms with van der Waals surface area (Å²) in [5.74, 6) is -0.146. The Labute approximate surface area is 136 Å². The van der Waals surface area contributed by atoms with Crippen LogP contribution in [0.4, 0.5) is 0 Å². The van der Waals surface area contributed by atoms with Crippen molar-refractivity contribution in [1.29, 1.82) is 0 Å². The smallest absolute Gasteiger partial charge is 0.376 e. The molecule has 1 aromatic heterocycles. The first-order valence-corrected chi connectivity index (χ1v) is 7.46. The average molecular weight is 373 g/mol. The third-order valence-corrected chi connectivity index (χ3v) is 4.19. The molecule has 0 fully saturated rings. The fourth-order valence-corrected chi connectivity index (χ4v) is 2.42. The summed E-state index contributed by atoms with van der Waals surface area (Å²) in [6, 6.07) is 5.43. The second kappa shape index (κ2) is 5.81. The Morgan fingerprint density at radius 3 is 2.62 bits per heavy atom. The largest absolute Gasteiger partial charge is 0.463 e. The summed E-state index contributed by atoms with van der Waals surface area (Å²) in [7, 11) is 1.31. The quantitative estimate of drug-likeness (QED) is 0.708. The van der Waals surface area contributed by atoms with Crippen molar-refractivity contribution in [3.63, 3.8) is 0 Å². The maximum Gasteiger partial charge on any atom is 0.376 e. The number of carbonyl (C=O) groups is 1. The molecule has 0 aliphatic carbocycles. The normalized spacial score (nSPS) is 11.5. The van der Waals surface area contributed by atoms with Crippen molar-refractivity contribution in [2.24, 2.45) is 0 Å². The molecule has 0 amide bonds. The highest BCUT2D eigenvalue weighted by Gasteiger charge is 2.30. The minimum absolute atomic E-state index is 0.107. The number of methoxy groups -OCH3 is 1. The van der Waals surface area contributed by atoms with E-state index in [-0.39, 0.29) is 11.2 Å². The van der Waals surface area contributed by atoms with Crippen LogP contribution in [0.5, 0.6) is 0 Å². The van der Waals surface area contributed by atoms with Gasteiger partial charge in [0.25, 0.3) is 0 Å². The maximum atomic E-state index is 11.9. The molecule has 1 aromatic carbocycles. The van der Waals surface area contributed by atoms with Crippen molar-refractivity contribution in [3.05, 3.63) is 39.1 Å². The van der Waals surface area contributed by atoms with Crippen LogP contribution in [-0.4, -0.2) is 18.1 Å². The van der Waals surface area contributed by atoms with E-state index in [2.05, 4.69) is 20.9 Å². The molecule has 2 rings (SSSR count). The van der Waals surface area contributed by atoms with Crippen LogP contribution < -0.4 is 0 Å². The fourth-order valence-electron chi connectivity index (χ4n) is 1.84. The van der Waals surface area contributed by atoms with Crippen molar-refractivity contribution in [2.45, 2.75) is 26.2 Å². The van der Waals surface area contributed by atoms with Crippen molar-refractivity contribution < 1.29 is 13.9 Å². The first-order chi connectivity index (χ1) is 9.75. The van der Waals surface area contributed by atoms with Crippen molar-refractivity contribution in [2.75, 3.05) is 7.11 Å². The van der Waals surface area contributed by atoms with Gasteiger partial charge in [0.05, 0.1) is 17.7 Å². The summed E-state index contributed by atoms with van der Waals surface area (Å²) in [5.41, 5.74) is 0.802. The molecule has 0 radical (unpaired) electrons. The summed E-state index contributed by atoms with van der Waals surface area (Å²) in [4.78, 5) is 16.3. The second-order valence-electron chi connectivity index (χ2n) is 5.54. The highest BCUT2D eigenvalue weighted by molar-refractivity contribution is 9.10. The lowest BCUT2D eigenvalue weighted by Gasteiger charge is -2.15. The van der Waals surface area contributed by atoms with Gasteiger partial charge in [-0.15, -0.1) is 0 Å². The van der Waals surface area contributed by atoms with E-state index in [9.17, 15) is 4.79 Å². The van der Waals surface area contributed by atoms with Gasteiger partial charge in [0, 0.05) is 9.89 Å². The van der Waals surface area contributed by atoms with Crippen LogP contribution in [0.25, 0.3) is 11.5 Å². The lowest BCUT2D eigenvalue weighted by molar-refractivity contribution is 0.0562. The SMILES string of the molecule is COC(=O)c1oc(-c2cccc(Br)c2Cl)nc1C(C)(C)C. The Balaban J connectivity index is 2.64. The van der Waals surface area contributed by atoms with Crippen molar-refractivity contribution >= 4 is 33.5 Å². The fraction of sp³-hybridized carbons (Fsp3) is 0.333. The molecule has 0 unspecified atom stereocenters. The van der Waals surface area contributed by atoms with Gasteiger partial charge in [-0.05, 0) is 28.1 Å². The molecule has 0 saturated heterocycles. The number of ether oxygens (including phenoxy) is 1. The molecule has 112 valence electrons. The number of halogens is 2. The predicted molar refractivity (Wildman–Crippen MR) is 84.7 cm³/mol. The monoisotopic (exact) mass is 371 g/mol. The first-order valence-electron chi connectivity index (χ1n) is 6.29. The molecule has 21 heavy (non-hydrogen) atoms. The molecule has 6 heteroatoms. The van der Waals surface area contributed by atoms with Gasteiger partial charge in [-0.2, -0.15) is 0 Å². The zero-order valence-electron chi connectivity index (χ0n) is 12.2. The number of nitrogens with zero attached hydrogens (tertiary/aromatic N) is 1. The Bertz CT molecular complexity index is 689. The molecule has 0 saturated carbocycles. The molecule has 1 heterocycles. The standard InChI is InChI=1S/C15H15BrClNO3/c1-15(2,3)12-11(14(19)20-4)21-13(18-12)8-6-5-7-9(16)10(8)17/h5-7H,1-4H3. The zero-order chi connectivity index (χ0) is 15.8. The summed E-state index contributed by atoms with van der Waals surface area (Å²) >= 11 is 9.61. The van der Waals surface area contributed by atoms with Gasteiger partial charge in [0.2, 0.25) is 11.7 Å². The van der Waals surface area contributed by atoms with Gasteiger partial charge in [0.15, 0.2) is 0 Å². The molecular weight excluding hydrogens is 358 g/mol. The maximum absolute atomic E-state index is 11.9. The van der Waals surface area contributed by atoms with Crippen LogP contribution in [0.2, 0.25) is 5.02 Å². The Morgan fingerprint density at radius 2 is 2.05 bits per heavy atom. The number of hydrogen-bond donors (Lipinski definition) is 0. The van der Waals surface area contributed by atoms with Gasteiger partial charge < -0.3 is 9.15 Å². The molecular formula is C15H15BrClNO3. The highest BCUT2D eigenvalue weighted by atomic mass is 79.9. The van der Waals surface area contributed by atoms with E-state index in [0.717, 1.165) is 4.47 Å². The molecule has 4 nitrogen and oxygen atoms in total. The number of aromatic nitrogens is 1. The Hall–Kier alpha value is -1.33. The van der Waals surface area contributed by atoms with Crippen molar-refractivity contribution in [3.8, 4) is 11.5 Å². The summed E-state index contributed by atoms with van der Waals surface area (Å²) in [5, 5.41) is 0.482. The third-order valence-electron chi connectivity index (χ3n) is 2.89. The number of carbonyl (C=O) groups excluding carboxylic acids is 1. The van der Waals surface area contributed by atoms with E-state index < -0.39 is 5.97 Å². The second-order valence-corrected chi connectivity index (χ2v) is 6.77. The number of esters is 1. The molecule has 2 aromatic rings. The van der Waals surface area contributed by atoms with Gasteiger partial charge in [0.1, 0.15) is 5.69 Å². The van der Waals surface area contributed by atoms with Gasteiger partial charge in [-0.3, -0.25) is 0 Å². The lowest BCUT2D eigenvalue weighted by Crippen LogP contribution is -2.17. The Morgan fingerprint density at radius 1 is 1.38 bits per heavy atom. The van der Waals surface area contributed by atoms with E-state index in [1.807, 2.05) is 32.9 Å². The molecule has 0 aliphatic rings. The van der Waals surface area contributed by atoms with Crippen molar-refractivity contribution in [1.82, 2.24) is 4.98 Å². The minimum Gasteiger partial charge on any atom is -0.463 e. The van der Waals surface area contributed by atoms with Crippen LogP contribution in [0, 0.1) is 0 Å². The summed E-state index contributed by atoms with van der Waals surface area (Å²) < 4.78 is 11.1. The van der Waals surface area contributed by atoms with Gasteiger partial charge in [-0.1, -0.05) is 38.4 Å². The van der Waals surface area contributed by atoms with Crippen LogP contribution in [-0.2, 0) is 10.2 Å². The number of rotatable bonds is 2. The molecule has 0 bridgehead atoms. The van der Waals surface area contributed by atoms with Gasteiger partial charge in [-0.25, -0.2) is 9.78 Å². The van der Waals surface area contributed by atoms with E-state index in [4.69, 9.17) is 20.8 Å². The molecule has 0 atom stereocenters. The highest BCUT2D eigenvalue weighted by Crippen LogP contribution is 2.36. The molecule has 0 N–H and O–H groups in total. The van der Waals surface area contributed by atoms with E-state index >= 15 is 0 Å². The van der Waals surface area contributed by atoms with Gasteiger partial charge >= 0.3 is 5.97 Å². The van der Waals surface area contributed by atoms with E-state index in [1.165, 1.54) is 7.11 Å². The number of hydrogen-bond acceptors (Lipinski definition) is 4. The average Bonchev–Trinajstić information content (AvgIpc) is 2.86. The number of benzene rings is 1. The third kappa shape index (κ3) is 3.14. The zero-order valence-corrected chi connectivity index (χ0v) is 14.5. The molecule has 0 aliphatic heterocycles. The van der Waals surface area contributed by atoms with E-state index in [1.54, 1.807) is 6.07 Å². The topological polar surface area (TPSA) is 52.3 Å². The number of oxazole rings is 1. The minimum atomic E-state index is -0.551. The van der Waals surface area contributed by atoms with Crippen LogP contribution in [0.15, 0.2) is 27.1 Å². The van der Waals surface area contributed by atoms with Crippen LogP contribution >= 0.6 is 27.5 Å². The van der Waals surface area contributed by atoms with Crippen LogP contribution in [0.1, 0.15) is 37.0 Å². The first kappa shape index (κ1) is 16.0. The Kier molecular flexibility index (Phi) is 4.44. The molecule has 0 spiro atoms. The van der Waals surface area contributed by atoms with E-state index in [0.29, 0.717) is 22.2 Å². The summed E-state index contributed by atoms with van der Waals surface area (Å²) in [6.07, 6.45) is 0. The van der Waals surface area contributed by atoms with Crippen LogP contribution in [0.3, 0.4) is 0 Å².